The number of thiazole rings is 1. The highest BCUT2D eigenvalue weighted by Crippen LogP contribution is 2.34. The van der Waals surface area contributed by atoms with E-state index in [1.54, 1.807) is 5.38 Å². The molecule has 38 heavy (non-hydrogen) atoms. The van der Waals surface area contributed by atoms with Gasteiger partial charge < -0.3 is 21.1 Å². The number of nitrogen functional groups attached to an aromatic ring is 1. The number of carboxylic acid groups (broad SMARTS) is 1. The van der Waals surface area contributed by atoms with E-state index in [0.717, 1.165) is 17.5 Å². The number of amides is 2. The largest absolute Gasteiger partial charge is 0.480 e. The molecule has 3 aromatic rings. The van der Waals surface area contributed by atoms with Crippen LogP contribution in [0, 0.1) is 5.41 Å². The molecule has 1 aliphatic heterocycles. The van der Waals surface area contributed by atoms with Crippen LogP contribution in [0.4, 0.5) is 0 Å². The summed E-state index contributed by atoms with van der Waals surface area (Å²) in [6, 6.07) is 17.5. The number of aliphatic carboxylic acids is 1. The monoisotopic (exact) mass is 534 g/mol. The first-order valence-electron chi connectivity index (χ1n) is 12.2. The van der Waals surface area contributed by atoms with Gasteiger partial charge in [-0.3, -0.25) is 25.1 Å². The van der Waals surface area contributed by atoms with Crippen LogP contribution in [0.2, 0.25) is 0 Å². The predicted molar refractivity (Wildman–Crippen MR) is 144 cm³/mol. The third-order valence-electron chi connectivity index (χ3n) is 6.45. The second kappa shape index (κ2) is 12.4. The molecule has 1 fully saturated rings. The van der Waals surface area contributed by atoms with Gasteiger partial charge in [-0.1, -0.05) is 54.6 Å². The lowest BCUT2D eigenvalue weighted by atomic mass is 9.89. The molecule has 198 valence electrons. The van der Waals surface area contributed by atoms with Crippen molar-refractivity contribution in [3.8, 4) is 0 Å². The van der Waals surface area contributed by atoms with E-state index in [-0.39, 0.29) is 43.2 Å². The zero-order chi connectivity index (χ0) is 27.1. The molecule has 0 bridgehead atoms. The number of nitrogens with one attached hydrogen (secondary N) is 3. The molecule has 1 saturated heterocycles. The first-order chi connectivity index (χ1) is 18.3. The molecule has 4 rings (SSSR count). The number of aromatic nitrogens is 1. The Morgan fingerprint density at radius 3 is 2.55 bits per heavy atom. The molecular formula is C27H30N6O4S. The van der Waals surface area contributed by atoms with Gasteiger partial charge in [0, 0.05) is 17.8 Å². The zero-order valence-electron chi connectivity index (χ0n) is 20.7. The summed E-state index contributed by atoms with van der Waals surface area (Å²) in [5, 5.41) is 24.2. The van der Waals surface area contributed by atoms with Crippen molar-refractivity contribution in [3.05, 3.63) is 87.4 Å². The maximum Gasteiger partial charge on any atom is 0.317 e. The van der Waals surface area contributed by atoms with E-state index >= 15 is 0 Å². The number of nitrogens with zero attached hydrogens (tertiary/aromatic N) is 2. The molecule has 2 heterocycles. The first kappa shape index (κ1) is 27.0. The molecule has 0 spiro atoms. The Labute approximate surface area is 224 Å². The second-order valence-electron chi connectivity index (χ2n) is 9.11. The Hall–Kier alpha value is -4.09. The summed E-state index contributed by atoms with van der Waals surface area (Å²) in [4.78, 5) is 43.1. The third kappa shape index (κ3) is 6.81. The van der Waals surface area contributed by atoms with Crippen molar-refractivity contribution in [2.45, 2.75) is 31.3 Å². The first-order valence-corrected chi connectivity index (χ1v) is 13.1. The van der Waals surface area contributed by atoms with Crippen LogP contribution in [0.25, 0.3) is 0 Å². The fourth-order valence-electron chi connectivity index (χ4n) is 4.67. The Balaban J connectivity index is 1.51. The maximum absolute atomic E-state index is 13.3. The van der Waals surface area contributed by atoms with E-state index in [0.29, 0.717) is 23.7 Å². The summed E-state index contributed by atoms with van der Waals surface area (Å²) in [7, 11) is 0. The van der Waals surface area contributed by atoms with Crippen LogP contribution >= 0.6 is 11.3 Å². The molecule has 2 atom stereocenters. The number of nitrogens with two attached hydrogens (primary N) is 1. The average Bonchev–Trinajstić information content (AvgIpc) is 3.56. The topological polar surface area (TPSA) is 162 Å². The highest BCUT2D eigenvalue weighted by atomic mass is 32.1. The molecule has 1 unspecified atom stereocenters. The van der Waals surface area contributed by atoms with Gasteiger partial charge in [0.1, 0.15) is 22.6 Å². The molecule has 2 aromatic carbocycles. The van der Waals surface area contributed by atoms with Gasteiger partial charge in [0.25, 0.3) is 0 Å². The van der Waals surface area contributed by atoms with E-state index in [1.165, 1.54) is 21.8 Å². The van der Waals surface area contributed by atoms with Gasteiger partial charge in [-0.15, -0.1) is 11.3 Å². The molecule has 2 amide bonds. The lowest BCUT2D eigenvalue weighted by Gasteiger charge is -2.24. The van der Waals surface area contributed by atoms with Crippen molar-refractivity contribution in [1.82, 2.24) is 20.5 Å². The molecule has 10 nitrogen and oxygen atoms in total. The highest BCUT2D eigenvalue weighted by molar-refractivity contribution is 7.09. The van der Waals surface area contributed by atoms with Crippen molar-refractivity contribution in [2.75, 3.05) is 19.6 Å². The normalized spacial score (nSPS) is 16.8. The summed E-state index contributed by atoms with van der Waals surface area (Å²) in [6.45, 7) is -0.0176. The second-order valence-corrected chi connectivity index (χ2v) is 10.1. The number of likely N-dealkylation sites (tertiary alicyclic amines) is 1. The molecule has 0 saturated carbocycles. The fourth-order valence-corrected chi connectivity index (χ4v) is 5.40. The number of benzene rings is 2. The van der Waals surface area contributed by atoms with Crippen LogP contribution in [0.15, 0.2) is 60.0 Å². The number of rotatable bonds is 11. The molecule has 1 aromatic heterocycles. The molecule has 1 aliphatic rings. The number of carbonyl (C=O) groups excluding carboxylic acids is 2. The quantitative estimate of drug-likeness (QED) is 0.185. The summed E-state index contributed by atoms with van der Waals surface area (Å²) in [5.41, 5.74) is 9.24. The number of carbonyl (C=O) groups is 3. The number of carboxylic acids is 1. The van der Waals surface area contributed by atoms with Crippen molar-refractivity contribution < 1.29 is 19.5 Å². The van der Waals surface area contributed by atoms with Crippen molar-refractivity contribution >= 4 is 35.0 Å². The van der Waals surface area contributed by atoms with E-state index in [9.17, 15) is 14.4 Å². The Morgan fingerprint density at radius 2 is 1.84 bits per heavy atom. The highest BCUT2D eigenvalue weighted by Gasteiger charge is 2.40. The van der Waals surface area contributed by atoms with Gasteiger partial charge in [-0.05, 0) is 29.5 Å². The number of hydrogen-bond donors (Lipinski definition) is 5. The molecule has 11 heteroatoms. The summed E-state index contributed by atoms with van der Waals surface area (Å²) in [5.74, 6) is -1.90. The standard InChI is InChI=1S/C27H30N6O4S/c28-26(29)21-16-38-23(32-21)12-31-27(37)22-11-19(15-33(22)24(34)13-30-14-25(35)36)20-9-5-4-8-18(20)10-17-6-2-1-3-7-17/h1-9,16,19,22,30H,10-15H2,(H3,28,29)(H,31,37)(H,35,36)/t19?,22-/m0/s1. The Morgan fingerprint density at radius 1 is 1.11 bits per heavy atom. The van der Waals surface area contributed by atoms with Gasteiger partial charge in [0.15, 0.2) is 0 Å². The van der Waals surface area contributed by atoms with Gasteiger partial charge in [-0.25, -0.2) is 4.98 Å². The van der Waals surface area contributed by atoms with E-state index in [4.69, 9.17) is 16.2 Å². The molecule has 6 N–H and O–H groups in total. The van der Waals surface area contributed by atoms with Crippen LogP contribution in [0.1, 0.15) is 39.7 Å². The molecule has 0 aliphatic carbocycles. The van der Waals surface area contributed by atoms with Crippen LogP contribution in [-0.2, 0) is 27.3 Å². The summed E-state index contributed by atoms with van der Waals surface area (Å²) >= 11 is 1.29. The van der Waals surface area contributed by atoms with E-state index < -0.39 is 12.0 Å². The Kier molecular flexibility index (Phi) is 8.82. The summed E-state index contributed by atoms with van der Waals surface area (Å²) in [6.07, 6.45) is 1.18. The lowest BCUT2D eigenvalue weighted by Crippen LogP contribution is -2.48. The van der Waals surface area contributed by atoms with Gasteiger partial charge in [-0.2, -0.15) is 0 Å². The predicted octanol–water partition coefficient (Wildman–Crippen LogP) is 1.69. The summed E-state index contributed by atoms with van der Waals surface area (Å²) < 4.78 is 0. The van der Waals surface area contributed by atoms with Crippen molar-refractivity contribution in [2.24, 2.45) is 5.73 Å². The zero-order valence-corrected chi connectivity index (χ0v) is 21.5. The minimum Gasteiger partial charge on any atom is -0.480 e. The minimum atomic E-state index is -1.06. The molecular weight excluding hydrogens is 504 g/mol. The average molecular weight is 535 g/mol. The van der Waals surface area contributed by atoms with Crippen molar-refractivity contribution in [3.63, 3.8) is 0 Å². The van der Waals surface area contributed by atoms with Gasteiger partial charge in [0.2, 0.25) is 11.8 Å². The van der Waals surface area contributed by atoms with Crippen LogP contribution in [0.5, 0.6) is 0 Å². The number of hydrogen-bond acceptors (Lipinski definition) is 7. The van der Waals surface area contributed by atoms with Gasteiger partial charge in [0.05, 0.1) is 19.6 Å². The fraction of sp³-hybridized carbons (Fsp3) is 0.296. The molecule has 0 radical (unpaired) electrons. The van der Waals surface area contributed by atoms with Crippen LogP contribution < -0.4 is 16.4 Å². The SMILES string of the molecule is N=C(N)c1csc(CNC(=O)[C@@H]2CC(c3ccccc3Cc3ccccc3)CN2C(=O)CNCC(=O)O)n1. The maximum atomic E-state index is 13.3. The number of amidine groups is 1. The van der Waals surface area contributed by atoms with Gasteiger partial charge >= 0.3 is 5.97 Å². The van der Waals surface area contributed by atoms with E-state index in [2.05, 4.69) is 33.8 Å². The van der Waals surface area contributed by atoms with E-state index in [1.807, 2.05) is 36.4 Å². The van der Waals surface area contributed by atoms with Crippen LogP contribution in [-0.4, -0.2) is 64.3 Å². The van der Waals surface area contributed by atoms with Crippen molar-refractivity contribution in [1.29, 1.82) is 5.41 Å². The minimum absolute atomic E-state index is 0.0572. The lowest BCUT2D eigenvalue weighted by molar-refractivity contribution is -0.138. The third-order valence-corrected chi connectivity index (χ3v) is 7.30. The Bertz CT molecular complexity index is 1310. The smallest absolute Gasteiger partial charge is 0.317 e. The van der Waals surface area contributed by atoms with Crippen LogP contribution in [0.3, 0.4) is 0 Å².